The van der Waals surface area contributed by atoms with Crippen LogP contribution in [0.5, 0.6) is 0 Å². The first kappa shape index (κ1) is 21.5. The van der Waals surface area contributed by atoms with Gasteiger partial charge in [-0.1, -0.05) is 72.9 Å². The average molecular weight is 453 g/mol. The predicted molar refractivity (Wildman–Crippen MR) is 126 cm³/mol. The van der Waals surface area contributed by atoms with Gasteiger partial charge in [0.1, 0.15) is 0 Å². The molecule has 0 fully saturated rings. The molecule has 1 atom stereocenters. The summed E-state index contributed by atoms with van der Waals surface area (Å²) < 4.78 is 31.0. The van der Waals surface area contributed by atoms with Crippen LogP contribution in [0.4, 0.5) is 0 Å². The third-order valence-corrected chi connectivity index (χ3v) is 7.83. The highest BCUT2D eigenvalue weighted by molar-refractivity contribution is 7.89. The van der Waals surface area contributed by atoms with Crippen molar-refractivity contribution in [3.8, 4) is 0 Å². The minimum absolute atomic E-state index is 0.106. The zero-order valence-electron chi connectivity index (χ0n) is 17.4. The fourth-order valence-electron chi connectivity index (χ4n) is 3.54. The molecule has 4 rings (SSSR count). The number of hydrogen-bond acceptors (Lipinski definition) is 4. The van der Waals surface area contributed by atoms with Gasteiger partial charge in [0.25, 0.3) is 0 Å². The van der Waals surface area contributed by atoms with Crippen molar-refractivity contribution in [3.63, 3.8) is 0 Å². The second-order valence-electron chi connectivity index (χ2n) is 7.51. The zero-order chi connectivity index (χ0) is 22.0. The van der Waals surface area contributed by atoms with Crippen molar-refractivity contribution >= 4 is 31.6 Å². The van der Waals surface area contributed by atoms with Gasteiger partial charge in [0, 0.05) is 6.04 Å². The summed E-state index contributed by atoms with van der Waals surface area (Å²) >= 11 is 1.06. The van der Waals surface area contributed by atoms with Crippen LogP contribution < -0.4 is 9.60 Å². The molecular weight excluding hydrogens is 428 g/mol. The van der Waals surface area contributed by atoms with Crippen molar-refractivity contribution in [2.45, 2.75) is 37.8 Å². The van der Waals surface area contributed by atoms with E-state index in [-0.39, 0.29) is 15.8 Å². The van der Waals surface area contributed by atoms with E-state index in [1.807, 2.05) is 61.5 Å². The fourth-order valence-corrected chi connectivity index (χ4v) is 5.80. The van der Waals surface area contributed by atoms with Crippen LogP contribution in [0.2, 0.25) is 0 Å². The van der Waals surface area contributed by atoms with Gasteiger partial charge in [-0.05, 0) is 48.2 Å². The van der Waals surface area contributed by atoms with Gasteiger partial charge in [-0.25, -0.2) is 13.1 Å². The molecule has 160 valence electrons. The van der Waals surface area contributed by atoms with E-state index in [1.54, 1.807) is 22.8 Å². The molecular formula is C24H24N2O3S2. The Hall–Kier alpha value is -2.74. The molecule has 0 aliphatic heterocycles. The standard InChI is InChI=1S/C24H24N2O3S2/c1-3-18-9-11-20(12-10-18)17(2)25-31(28,29)21-13-14-22-23(15-21)30-24(27)26(22)16-19-7-5-4-6-8-19/h4-15,17,25H,3,16H2,1-2H3. The average Bonchev–Trinajstić information content (AvgIpc) is 3.08. The van der Waals surface area contributed by atoms with E-state index < -0.39 is 10.0 Å². The molecule has 0 amide bonds. The van der Waals surface area contributed by atoms with E-state index in [1.165, 1.54) is 5.56 Å². The van der Waals surface area contributed by atoms with Crippen molar-refractivity contribution in [1.29, 1.82) is 0 Å². The maximum atomic E-state index is 13.0. The number of hydrogen-bond donors (Lipinski definition) is 1. The SMILES string of the molecule is CCc1ccc(C(C)NS(=O)(=O)c2ccc3c(c2)sc(=O)n3Cc2ccccc2)cc1. The van der Waals surface area contributed by atoms with Crippen LogP contribution in [0, 0.1) is 0 Å². The van der Waals surface area contributed by atoms with Gasteiger partial charge >= 0.3 is 4.87 Å². The smallest absolute Gasteiger partial charge is 0.294 e. The molecule has 0 saturated heterocycles. The number of sulfonamides is 1. The van der Waals surface area contributed by atoms with Crippen LogP contribution in [0.15, 0.2) is 82.5 Å². The number of aryl methyl sites for hydroxylation is 1. The Balaban J connectivity index is 1.60. The van der Waals surface area contributed by atoms with E-state index in [0.29, 0.717) is 11.2 Å². The Labute approximate surface area is 186 Å². The molecule has 4 aromatic rings. The van der Waals surface area contributed by atoms with Crippen LogP contribution >= 0.6 is 11.3 Å². The van der Waals surface area contributed by atoms with E-state index >= 15 is 0 Å². The van der Waals surface area contributed by atoms with Crippen molar-refractivity contribution in [3.05, 3.63) is 99.2 Å². The molecule has 0 bridgehead atoms. The van der Waals surface area contributed by atoms with E-state index in [2.05, 4.69) is 11.6 Å². The highest BCUT2D eigenvalue weighted by Crippen LogP contribution is 2.24. The first-order chi connectivity index (χ1) is 14.9. The topological polar surface area (TPSA) is 68.2 Å². The number of thiazole rings is 1. The minimum Gasteiger partial charge on any atom is -0.294 e. The Kier molecular flexibility index (Phi) is 6.09. The van der Waals surface area contributed by atoms with Gasteiger partial charge in [0.05, 0.1) is 21.7 Å². The summed E-state index contributed by atoms with van der Waals surface area (Å²) in [4.78, 5) is 12.6. The van der Waals surface area contributed by atoms with Crippen molar-refractivity contribution < 1.29 is 8.42 Å². The first-order valence-electron chi connectivity index (χ1n) is 10.2. The van der Waals surface area contributed by atoms with Crippen molar-refractivity contribution in [2.24, 2.45) is 0 Å². The second kappa shape index (κ2) is 8.78. The van der Waals surface area contributed by atoms with Gasteiger partial charge in [0.2, 0.25) is 10.0 Å². The molecule has 0 radical (unpaired) electrons. The lowest BCUT2D eigenvalue weighted by atomic mass is 10.1. The molecule has 7 heteroatoms. The highest BCUT2D eigenvalue weighted by atomic mass is 32.2. The molecule has 31 heavy (non-hydrogen) atoms. The van der Waals surface area contributed by atoms with Gasteiger partial charge < -0.3 is 0 Å². The van der Waals surface area contributed by atoms with E-state index in [9.17, 15) is 13.2 Å². The molecule has 3 aromatic carbocycles. The monoisotopic (exact) mass is 452 g/mol. The Morgan fingerprint density at radius 2 is 1.68 bits per heavy atom. The largest absolute Gasteiger partial charge is 0.308 e. The summed E-state index contributed by atoms with van der Waals surface area (Å²) in [5.41, 5.74) is 3.87. The predicted octanol–water partition coefficient (Wildman–Crippen LogP) is 4.71. The van der Waals surface area contributed by atoms with E-state index in [4.69, 9.17) is 0 Å². The molecule has 1 heterocycles. The van der Waals surface area contributed by atoms with Crippen LogP contribution in [0.1, 0.15) is 36.6 Å². The summed E-state index contributed by atoms with van der Waals surface area (Å²) in [5, 5.41) is 0. The van der Waals surface area contributed by atoms with Crippen LogP contribution in [0.3, 0.4) is 0 Å². The Bertz CT molecular complexity index is 1360. The van der Waals surface area contributed by atoms with Crippen LogP contribution in [0.25, 0.3) is 10.2 Å². The number of nitrogens with one attached hydrogen (secondary N) is 1. The molecule has 1 aromatic heterocycles. The minimum atomic E-state index is -3.73. The fraction of sp³-hybridized carbons (Fsp3) is 0.208. The Morgan fingerprint density at radius 1 is 0.968 bits per heavy atom. The van der Waals surface area contributed by atoms with Gasteiger partial charge in [0.15, 0.2) is 0 Å². The van der Waals surface area contributed by atoms with E-state index in [0.717, 1.165) is 34.4 Å². The number of benzene rings is 3. The number of nitrogens with zero attached hydrogens (tertiary/aromatic N) is 1. The maximum Gasteiger partial charge on any atom is 0.308 e. The summed E-state index contributed by atoms with van der Waals surface area (Å²) in [7, 11) is -3.73. The molecule has 0 saturated carbocycles. The summed E-state index contributed by atoms with van der Waals surface area (Å²) in [6.07, 6.45) is 0.938. The molecule has 0 spiro atoms. The lowest BCUT2D eigenvalue weighted by molar-refractivity contribution is 0.567. The maximum absolute atomic E-state index is 13.0. The molecule has 1 unspecified atom stereocenters. The lowest BCUT2D eigenvalue weighted by Gasteiger charge is -2.15. The summed E-state index contributed by atoms with van der Waals surface area (Å²) in [6, 6.07) is 22.1. The zero-order valence-corrected chi connectivity index (χ0v) is 19.0. The second-order valence-corrected chi connectivity index (χ2v) is 10.2. The van der Waals surface area contributed by atoms with Gasteiger partial charge in [-0.15, -0.1) is 0 Å². The molecule has 0 aliphatic rings. The molecule has 5 nitrogen and oxygen atoms in total. The van der Waals surface area contributed by atoms with Gasteiger partial charge in [-0.2, -0.15) is 0 Å². The summed E-state index contributed by atoms with van der Waals surface area (Å²) in [5.74, 6) is 0. The third-order valence-electron chi connectivity index (χ3n) is 5.35. The van der Waals surface area contributed by atoms with Crippen molar-refractivity contribution in [2.75, 3.05) is 0 Å². The molecule has 0 aliphatic carbocycles. The number of aromatic nitrogens is 1. The van der Waals surface area contributed by atoms with Crippen LogP contribution in [-0.2, 0) is 23.0 Å². The number of fused-ring (bicyclic) bond motifs is 1. The first-order valence-corrected chi connectivity index (χ1v) is 12.5. The Morgan fingerprint density at radius 3 is 2.35 bits per heavy atom. The molecule has 1 N–H and O–H groups in total. The number of rotatable bonds is 7. The summed E-state index contributed by atoms with van der Waals surface area (Å²) in [6.45, 7) is 4.36. The van der Waals surface area contributed by atoms with Gasteiger partial charge in [-0.3, -0.25) is 9.36 Å². The van der Waals surface area contributed by atoms with Crippen molar-refractivity contribution in [1.82, 2.24) is 9.29 Å². The lowest BCUT2D eigenvalue weighted by Crippen LogP contribution is -2.26. The normalized spacial score (nSPS) is 12.8. The quantitative estimate of drug-likeness (QED) is 0.441. The highest BCUT2D eigenvalue weighted by Gasteiger charge is 2.20. The van der Waals surface area contributed by atoms with Crippen LogP contribution in [-0.4, -0.2) is 13.0 Å². The third kappa shape index (κ3) is 4.63.